The molecule has 0 aromatic heterocycles. The summed E-state index contributed by atoms with van der Waals surface area (Å²) in [4.78, 5) is 0. The third-order valence-electron chi connectivity index (χ3n) is 3.04. The topological polar surface area (TPSA) is 60.0 Å². The van der Waals surface area contributed by atoms with Crippen molar-refractivity contribution in [2.24, 2.45) is 0 Å². The Balaban J connectivity index is 2.53. The Labute approximate surface area is 100 Å². The van der Waals surface area contributed by atoms with Gasteiger partial charge in [0, 0.05) is 18.7 Å². The van der Waals surface area contributed by atoms with Gasteiger partial charge in [0.1, 0.15) is 5.60 Å². The van der Waals surface area contributed by atoms with Crippen LogP contribution in [0.3, 0.4) is 0 Å². The lowest BCUT2D eigenvalue weighted by atomic mass is 9.87. The van der Waals surface area contributed by atoms with Crippen LogP contribution in [0.5, 0.6) is 17.2 Å². The molecule has 1 aliphatic rings. The minimum Gasteiger partial charge on any atom is -0.493 e. The zero-order chi connectivity index (χ0) is 12.5. The fraction of sp³-hybridized carbons (Fsp3) is 0.500. The minimum absolute atomic E-state index is 0.507. The Bertz CT molecular complexity index is 415. The van der Waals surface area contributed by atoms with Gasteiger partial charge in [-0.05, 0) is 12.1 Å². The zero-order valence-electron chi connectivity index (χ0n) is 10.2. The summed E-state index contributed by atoms with van der Waals surface area (Å²) in [5, 5.41) is 13.4. The van der Waals surface area contributed by atoms with Gasteiger partial charge in [-0.1, -0.05) is 0 Å². The van der Waals surface area contributed by atoms with Crippen LogP contribution in [-0.4, -0.2) is 39.5 Å². The van der Waals surface area contributed by atoms with Crippen molar-refractivity contribution < 1.29 is 19.3 Å². The molecular weight excluding hydrogens is 222 g/mol. The molecule has 5 heteroatoms. The highest BCUT2D eigenvalue weighted by Crippen LogP contribution is 2.44. The van der Waals surface area contributed by atoms with Crippen LogP contribution in [0.25, 0.3) is 0 Å². The van der Waals surface area contributed by atoms with E-state index in [4.69, 9.17) is 14.2 Å². The highest BCUT2D eigenvalue weighted by atomic mass is 16.5. The van der Waals surface area contributed by atoms with Crippen LogP contribution in [0.2, 0.25) is 0 Å². The lowest BCUT2D eigenvalue weighted by Crippen LogP contribution is -2.56. The van der Waals surface area contributed by atoms with Gasteiger partial charge in [0.2, 0.25) is 5.75 Å². The Morgan fingerprint density at radius 1 is 1.06 bits per heavy atom. The van der Waals surface area contributed by atoms with E-state index in [9.17, 15) is 5.11 Å². The van der Waals surface area contributed by atoms with Gasteiger partial charge in [0.15, 0.2) is 11.5 Å². The number of β-amino-alcohol motifs (C(OH)–C–C–N with tert-alkyl or cyclic N) is 1. The summed E-state index contributed by atoms with van der Waals surface area (Å²) in [6, 6.07) is 3.58. The van der Waals surface area contributed by atoms with Crippen molar-refractivity contribution in [1.82, 2.24) is 5.32 Å². The first-order valence-corrected chi connectivity index (χ1v) is 5.39. The summed E-state index contributed by atoms with van der Waals surface area (Å²) in [5.41, 5.74) is -0.165. The molecular formula is C12H17NO4. The van der Waals surface area contributed by atoms with Crippen LogP contribution in [0.4, 0.5) is 0 Å². The maximum absolute atomic E-state index is 10.3. The van der Waals surface area contributed by atoms with E-state index in [1.165, 1.54) is 0 Å². The van der Waals surface area contributed by atoms with Gasteiger partial charge in [-0.2, -0.15) is 0 Å². The first-order chi connectivity index (χ1) is 8.16. The molecule has 5 nitrogen and oxygen atoms in total. The fourth-order valence-corrected chi connectivity index (χ4v) is 2.02. The largest absolute Gasteiger partial charge is 0.493 e. The van der Waals surface area contributed by atoms with Crippen molar-refractivity contribution in [2.75, 3.05) is 34.4 Å². The average molecular weight is 239 g/mol. The molecule has 1 heterocycles. The molecule has 2 N–H and O–H groups in total. The third kappa shape index (κ3) is 1.81. The fourth-order valence-electron chi connectivity index (χ4n) is 2.02. The van der Waals surface area contributed by atoms with Gasteiger partial charge in [-0.3, -0.25) is 0 Å². The predicted molar refractivity (Wildman–Crippen MR) is 62.9 cm³/mol. The summed E-state index contributed by atoms with van der Waals surface area (Å²) in [7, 11) is 4.67. The molecule has 0 radical (unpaired) electrons. The van der Waals surface area contributed by atoms with Gasteiger partial charge >= 0.3 is 0 Å². The molecule has 1 fully saturated rings. The number of ether oxygens (including phenoxy) is 3. The molecule has 0 atom stereocenters. The Kier molecular flexibility index (Phi) is 3.13. The number of benzene rings is 1. The second-order valence-corrected chi connectivity index (χ2v) is 4.02. The summed E-state index contributed by atoms with van der Waals surface area (Å²) in [5.74, 6) is 1.62. The van der Waals surface area contributed by atoms with E-state index in [-0.39, 0.29) is 0 Å². The van der Waals surface area contributed by atoms with E-state index < -0.39 is 5.60 Å². The summed E-state index contributed by atoms with van der Waals surface area (Å²) >= 11 is 0. The molecule has 0 aliphatic carbocycles. The second kappa shape index (κ2) is 4.43. The molecule has 0 unspecified atom stereocenters. The number of aliphatic hydroxyl groups is 1. The monoisotopic (exact) mass is 239 g/mol. The lowest BCUT2D eigenvalue weighted by molar-refractivity contribution is -0.0167. The quantitative estimate of drug-likeness (QED) is 0.801. The minimum atomic E-state index is -0.884. The molecule has 1 saturated heterocycles. The normalized spacial score (nSPS) is 17.2. The number of rotatable bonds is 4. The van der Waals surface area contributed by atoms with Gasteiger partial charge in [0.25, 0.3) is 0 Å². The third-order valence-corrected chi connectivity index (χ3v) is 3.04. The maximum Gasteiger partial charge on any atom is 0.203 e. The zero-order valence-corrected chi connectivity index (χ0v) is 10.2. The van der Waals surface area contributed by atoms with Crippen LogP contribution < -0.4 is 19.5 Å². The highest BCUT2D eigenvalue weighted by Gasteiger charge is 2.40. The number of hydrogen-bond donors (Lipinski definition) is 2. The van der Waals surface area contributed by atoms with E-state index in [0.29, 0.717) is 30.3 Å². The molecule has 1 aromatic rings. The summed E-state index contributed by atoms with van der Waals surface area (Å²) in [6.45, 7) is 1.03. The first-order valence-electron chi connectivity index (χ1n) is 5.39. The van der Waals surface area contributed by atoms with Crippen molar-refractivity contribution in [3.05, 3.63) is 17.7 Å². The Hall–Kier alpha value is -1.46. The van der Waals surface area contributed by atoms with Crippen LogP contribution >= 0.6 is 0 Å². The molecule has 0 amide bonds. The molecule has 1 aromatic carbocycles. The van der Waals surface area contributed by atoms with Crippen molar-refractivity contribution >= 4 is 0 Å². The van der Waals surface area contributed by atoms with Crippen LogP contribution in [0.1, 0.15) is 5.56 Å². The molecule has 94 valence electrons. The maximum atomic E-state index is 10.3. The van der Waals surface area contributed by atoms with Gasteiger partial charge in [0.05, 0.1) is 21.3 Å². The molecule has 17 heavy (non-hydrogen) atoms. The highest BCUT2D eigenvalue weighted by molar-refractivity contribution is 5.58. The molecule has 0 spiro atoms. The van der Waals surface area contributed by atoms with Crippen molar-refractivity contribution in [1.29, 1.82) is 0 Å². The van der Waals surface area contributed by atoms with Crippen molar-refractivity contribution in [3.63, 3.8) is 0 Å². The van der Waals surface area contributed by atoms with E-state index in [1.807, 2.05) is 0 Å². The van der Waals surface area contributed by atoms with Gasteiger partial charge in [-0.15, -0.1) is 0 Å². The average Bonchev–Trinajstić information content (AvgIpc) is 2.33. The number of methoxy groups -OCH3 is 3. The molecule has 1 aliphatic heterocycles. The molecule has 2 rings (SSSR count). The number of nitrogens with one attached hydrogen (secondary N) is 1. The SMILES string of the molecule is COc1ccc(C2(O)CNC2)c(OC)c1OC. The Morgan fingerprint density at radius 3 is 2.12 bits per heavy atom. The first kappa shape index (κ1) is 12.0. The second-order valence-electron chi connectivity index (χ2n) is 4.02. The van der Waals surface area contributed by atoms with Gasteiger partial charge in [-0.25, -0.2) is 0 Å². The van der Waals surface area contributed by atoms with Crippen LogP contribution in [-0.2, 0) is 5.60 Å². The van der Waals surface area contributed by atoms with Gasteiger partial charge < -0.3 is 24.6 Å². The number of hydrogen-bond acceptors (Lipinski definition) is 5. The summed E-state index contributed by atoms with van der Waals surface area (Å²) in [6.07, 6.45) is 0. The van der Waals surface area contributed by atoms with Crippen molar-refractivity contribution in [2.45, 2.75) is 5.60 Å². The van der Waals surface area contributed by atoms with Crippen LogP contribution in [0.15, 0.2) is 12.1 Å². The van der Waals surface area contributed by atoms with Crippen molar-refractivity contribution in [3.8, 4) is 17.2 Å². The standard InChI is InChI=1S/C12H17NO4/c1-15-9-5-4-8(12(14)6-13-7-12)10(16-2)11(9)17-3/h4-5,13-14H,6-7H2,1-3H3. The van der Waals surface area contributed by atoms with Crippen LogP contribution in [0, 0.1) is 0 Å². The van der Waals surface area contributed by atoms with E-state index in [2.05, 4.69) is 5.32 Å². The predicted octanol–water partition coefficient (Wildman–Crippen LogP) is 0.503. The smallest absolute Gasteiger partial charge is 0.203 e. The summed E-state index contributed by atoms with van der Waals surface area (Å²) < 4.78 is 15.8. The van der Waals surface area contributed by atoms with E-state index in [1.54, 1.807) is 33.5 Å². The lowest BCUT2D eigenvalue weighted by Gasteiger charge is -2.39. The van der Waals surface area contributed by atoms with E-state index >= 15 is 0 Å². The molecule has 0 bridgehead atoms. The Morgan fingerprint density at radius 2 is 1.71 bits per heavy atom. The molecule has 0 saturated carbocycles. The van der Waals surface area contributed by atoms with E-state index in [0.717, 1.165) is 5.56 Å².